The lowest BCUT2D eigenvalue weighted by atomic mass is 10.1. The molecule has 0 aromatic heterocycles. The van der Waals surface area contributed by atoms with Crippen LogP contribution in [0.5, 0.6) is 0 Å². The van der Waals surface area contributed by atoms with Crippen molar-refractivity contribution < 1.29 is 19.1 Å². The lowest BCUT2D eigenvalue weighted by molar-refractivity contribution is -0.114. The van der Waals surface area contributed by atoms with Crippen molar-refractivity contribution in [3.63, 3.8) is 0 Å². The lowest BCUT2D eigenvalue weighted by Crippen LogP contribution is -2.40. The van der Waals surface area contributed by atoms with E-state index in [4.69, 9.17) is 4.74 Å². The fourth-order valence-electron chi connectivity index (χ4n) is 3.29. The molecule has 0 bridgehead atoms. The number of benzene rings is 2. The minimum atomic E-state index is -0.234. The Bertz CT molecular complexity index is 924. The van der Waals surface area contributed by atoms with Gasteiger partial charge in [-0.25, -0.2) is 0 Å². The number of ether oxygens (including phenoxy) is 1. The van der Waals surface area contributed by atoms with Crippen LogP contribution in [-0.2, 0) is 9.53 Å². The Hall–Kier alpha value is -3.39. The average Bonchev–Trinajstić information content (AvgIpc) is 2.83. The van der Waals surface area contributed by atoms with Crippen molar-refractivity contribution in [2.45, 2.75) is 19.8 Å². The van der Waals surface area contributed by atoms with Crippen LogP contribution < -0.4 is 16.0 Å². The molecule has 0 atom stereocenters. The number of carbonyl (C=O) groups excluding carboxylic acids is 3. The van der Waals surface area contributed by atoms with Gasteiger partial charge in [0.15, 0.2) is 0 Å². The Morgan fingerprint density at radius 2 is 1.72 bits per heavy atom. The van der Waals surface area contributed by atoms with Gasteiger partial charge in [0.2, 0.25) is 5.91 Å². The van der Waals surface area contributed by atoms with Crippen molar-refractivity contribution in [3.8, 4) is 0 Å². The molecule has 3 rings (SSSR count). The van der Waals surface area contributed by atoms with Crippen molar-refractivity contribution in [3.05, 3.63) is 59.7 Å². The molecule has 8 nitrogen and oxygen atoms in total. The minimum absolute atomic E-state index is 0.0174. The average molecular weight is 439 g/mol. The number of nitrogens with one attached hydrogen (secondary N) is 3. The number of amides is 3. The Morgan fingerprint density at radius 1 is 0.969 bits per heavy atom. The van der Waals surface area contributed by atoms with Crippen LogP contribution in [0.2, 0.25) is 0 Å². The standard InChI is InChI=1S/C24H30N4O4/c1-2-3-11-25-23(30)19-5-4-6-21(16-19)27-22(29)17-26-20-9-7-18(8-10-20)24(31)28-12-14-32-15-13-28/h4-10,16,26H,2-3,11-15,17H2,1H3,(H,25,30)(H,27,29). The van der Waals surface area contributed by atoms with Crippen LogP contribution in [0.4, 0.5) is 11.4 Å². The van der Waals surface area contributed by atoms with Gasteiger partial charge in [-0.2, -0.15) is 0 Å². The zero-order chi connectivity index (χ0) is 22.8. The summed E-state index contributed by atoms with van der Waals surface area (Å²) >= 11 is 0. The largest absolute Gasteiger partial charge is 0.378 e. The molecule has 1 saturated heterocycles. The highest BCUT2D eigenvalue weighted by Crippen LogP contribution is 2.14. The summed E-state index contributed by atoms with van der Waals surface area (Å²) in [4.78, 5) is 38.8. The summed E-state index contributed by atoms with van der Waals surface area (Å²) in [6.45, 7) is 5.08. The first-order valence-electron chi connectivity index (χ1n) is 11.0. The number of hydrogen-bond acceptors (Lipinski definition) is 5. The number of unbranched alkanes of at least 4 members (excludes halogenated alkanes) is 1. The first-order valence-corrected chi connectivity index (χ1v) is 11.0. The number of carbonyl (C=O) groups is 3. The van der Waals surface area contributed by atoms with E-state index in [1.54, 1.807) is 53.4 Å². The van der Waals surface area contributed by atoms with Gasteiger partial charge in [0, 0.05) is 42.1 Å². The normalized spacial score (nSPS) is 13.3. The molecule has 170 valence electrons. The molecule has 0 saturated carbocycles. The fraction of sp³-hybridized carbons (Fsp3) is 0.375. The minimum Gasteiger partial charge on any atom is -0.378 e. The maximum atomic E-state index is 12.5. The van der Waals surface area contributed by atoms with Gasteiger partial charge in [-0.05, 0) is 48.9 Å². The van der Waals surface area contributed by atoms with Crippen molar-refractivity contribution in [2.24, 2.45) is 0 Å². The van der Waals surface area contributed by atoms with E-state index in [1.807, 2.05) is 0 Å². The zero-order valence-electron chi connectivity index (χ0n) is 18.4. The molecule has 8 heteroatoms. The third kappa shape index (κ3) is 6.81. The lowest BCUT2D eigenvalue weighted by Gasteiger charge is -2.26. The summed E-state index contributed by atoms with van der Waals surface area (Å²) in [7, 11) is 0. The van der Waals surface area contributed by atoms with E-state index in [1.165, 1.54) is 0 Å². The van der Waals surface area contributed by atoms with E-state index in [9.17, 15) is 14.4 Å². The van der Waals surface area contributed by atoms with Crippen molar-refractivity contribution in [1.29, 1.82) is 0 Å². The summed E-state index contributed by atoms with van der Waals surface area (Å²) in [5, 5.41) is 8.70. The Balaban J connectivity index is 1.48. The van der Waals surface area contributed by atoms with Crippen molar-refractivity contribution in [1.82, 2.24) is 10.2 Å². The molecular formula is C24H30N4O4. The number of hydrogen-bond donors (Lipinski definition) is 3. The summed E-state index contributed by atoms with van der Waals surface area (Å²) in [5.74, 6) is -0.405. The van der Waals surface area contributed by atoms with Gasteiger partial charge in [-0.3, -0.25) is 14.4 Å². The second-order valence-corrected chi connectivity index (χ2v) is 7.57. The molecule has 1 fully saturated rings. The number of rotatable bonds is 9. The fourth-order valence-corrected chi connectivity index (χ4v) is 3.29. The van der Waals surface area contributed by atoms with E-state index in [-0.39, 0.29) is 24.3 Å². The molecule has 1 aliphatic heterocycles. The smallest absolute Gasteiger partial charge is 0.254 e. The number of nitrogens with zero attached hydrogens (tertiary/aromatic N) is 1. The van der Waals surface area contributed by atoms with E-state index < -0.39 is 0 Å². The third-order valence-corrected chi connectivity index (χ3v) is 5.11. The Morgan fingerprint density at radius 3 is 2.44 bits per heavy atom. The highest BCUT2D eigenvalue weighted by Gasteiger charge is 2.18. The maximum Gasteiger partial charge on any atom is 0.254 e. The second-order valence-electron chi connectivity index (χ2n) is 7.57. The van der Waals surface area contributed by atoms with Crippen molar-refractivity contribution in [2.75, 3.05) is 50.0 Å². The Kier molecular flexibility index (Phi) is 8.62. The molecule has 0 unspecified atom stereocenters. The first-order chi connectivity index (χ1) is 15.6. The Labute approximate surface area is 188 Å². The van der Waals surface area contributed by atoms with E-state index >= 15 is 0 Å². The molecule has 3 N–H and O–H groups in total. The quantitative estimate of drug-likeness (QED) is 0.523. The van der Waals surface area contributed by atoms with Crippen LogP contribution in [0, 0.1) is 0 Å². The predicted molar refractivity (Wildman–Crippen MR) is 124 cm³/mol. The summed E-state index contributed by atoms with van der Waals surface area (Å²) < 4.78 is 5.28. The van der Waals surface area contributed by atoms with Crippen LogP contribution in [0.1, 0.15) is 40.5 Å². The third-order valence-electron chi connectivity index (χ3n) is 5.11. The van der Waals surface area contributed by atoms with Crippen LogP contribution >= 0.6 is 0 Å². The van der Waals surface area contributed by atoms with E-state index in [0.29, 0.717) is 49.7 Å². The van der Waals surface area contributed by atoms with Crippen LogP contribution in [0.25, 0.3) is 0 Å². The molecule has 2 aromatic carbocycles. The van der Waals surface area contributed by atoms with Gasteiger partial charge < -0.3 is 25.6 Å². The molecule has 3 amide bonds. The number of morpholine rings is 1. The molecule has 1 heterocycles. The van der Waals surface area contributed by atoms with Crippen LogP contribution in [-0.4, -0.2) is 62.0 Å². The maximum absolute atomic E-state index is 12.5. The van der Waals surface area contributed by atoms with Gasteiger partial charge in [-0.15, -0.1) is 0 Å². The highest BCUT2D eigenvalue weighted by atomic mass is 16.5. The van der Waals surface area contributed by atoms with Crippen molar-refractivity contribution >= 4 is 29.1 Å². The second kappa shape index (κ2) is 11.9. The molecule has 32 heavy (non-hydrogen) atoms. The monoisotopic (exact) mass is 438 g/mol. The summed E-state index contributed by atoms with van der Waals surface area (Å²) in [5.41, 5.74) is 2.41. The summed E-state index contributed by atoms with van der Waals surface area (Å²) in [6, 6.07) is 13.9. The van der Waals surface area contributed by atoms with Crippen LogP contribution in [0.15, 0.2) is 48.5 Å². The highest BCUT2D eigenvalue weighted by molar-refractivity contribution is 5.98. The van der Waals surface area contributed by atoms with Gasteiger partial charge in [-0.1, -0.05) is 19.4 Å². The molecule has 2 aromatic rings. The summed E-state index contributed by atoms with van der Waals surface area (Å²) in [6.07, 6.45) is 1.94. The van der Waals surface area contributed by atoms with Gasteiger partial charge >= 0.3 is 0 Å². The SMILES string of the molecule is CCCCNC(=O)c1cccc(NC(=O)CNc2ccc(C(=O)N3CCOCC3)cc2)c1. The topological polar surface area (TPSA) is 99.8 Å². The molecule has 0 spiro atoms. The zero-order valence-corrected chi connectivity index (χ0v) is 18.4. The predicted octanol–water partition coefficient (Wildman–Crippen LogP) is 2.74. The van der Waals surface area contributed by atoms with Crippen LogP contribution in [0.3, 0.4) is 0 Å². The molecule has 0 aliphatic carbocycles. The molecular weight excluding hydrogens is 408 g/mol. The first kappa shape index (κ1) is 23.3. The van der Waals surface area contributed by atoms with Gasteiger partial charge in [0.05, 0.1) is 19.8 Å². The van der Waals surface area contributed by atoms with Gasteiger partial charge in [0.1, 0.15) is 0 Å². The van der Waals surface area contributed by atoms with E-state index in [2.05, 4.69) is 22.9 Å². The van der Waals surface area contributed by atoms with E-state index in [0.717, 1.165) is 18.5 Å². The van der Waals surface area contributed by atoms with Gasteiger partial charge in [0.25, 0.3) is 11.8 Å². The molecule has 1 aliphatic rings. The molecule has 0 radical (unpaired) electrons. The number of anilines is 2.